The fourth-order valence-electron chi connectivity index (χ4n) is 3.76. The Kier molecular flexibility index (Phi) is 3.46. The van der Waals surface area contributed by atoms with E-state index in [0.29, 0.717) is 11.9 Å². The number of hydrogen-bond donors (Lipinski definition) is 3. The molecule has 0 bridgehead atoms. The van der Waals surface area contributed by atoms with Crippen LogP contribution in [0.3, 0.4) is 0 Å². The van der Waals surface area contributed by atoms with Crippen LogP contribution < -0.4 is 26.3 Å². The summed E-state index contributed by atoms with van der Waals surface area (Å²) in [5, 5.41) is 3.03. The van der Waals surface area contributed by atoms with Crippen LogP contribution in [0.4, 0.5) is 5.95 Å². The molecule has 8 nitrogen and oxygen atoms in total. The van der Waals surface area contributed by atoms with Gasteiger partial charge in [0.25, 0.3) is 0 Å². The second-order valence-corrected chi connectivity index (χ2v) is 7.08. The Bertz CT molecular complexity index is 968. The Balaban J connectivity index is 1.69. The Morgan fingerprint density at radius 3 is 2.81 bits per heavy atom. The number of nitrogens with two attached hydrogens (primary N) is 2. The average molecular weight is 364 g/mol. The maximum Gasteiger partial charge on any atom is 0.231 e. The van der Waals surface area contributed by atoms with Crippen LogP contribution in [0.1, 0.15) is 30.5 Å². The predicted molar refractivity (Wildman–Crippen MR) is 101 cm³/mol. The van der Waals surface area contributed by atoms with Crippen LogP contribution in [0.15, 0.2) is 41.7 Å². The smallest absolute Gasteiger partial charge is 0.231 e. The second kappa shape index (κ2) is 5.87. The van der Waals surface area contributed by atoms with Crippen molar-refractivity contribution in [3.05, 3.63) is 47.9 Å². The van der Waals surface area contributed by atoms with E-state index in [-0.39, 0.29) is 12.7 Å². The Labute approximate surface area is 156 Å². The zero-order valence-electron chi connectivity index (χ0n) is 14.7. The molecule has 1 saturated carbocycles. The van der Waals surface area contributed by atoms with Crippen molar-refractivity contribution in [3.8, 4) is 11.5 Å². The molecule has 0 amide bonds. The first-order valence-corrected chi connectivity index (χ1v) is 8.95. The number of rotatable bonds is 4. The number of nitrogens with one attached hydrogen (secondary N) is 1. The van der Waals surface area contributed by atoms with E-state index in [1.54, 1.807) is 6.20 Å². The molecule has 27 heavy (non-hydrogen) atoms. The molecule has 0 radical (unpaired) electrons. The number of hydrogen-bond acceptors (Lipinski definition) is 8. The van der Waals surface area contributed by atoms with Crippen molar-refractivity contribution in [1.29, 1.82) is 0 Å². The zero-order valence-corrected chi connectivity index (χ0v) is 14.7. The molecule has 8 heteroatoms. The minimum absolute atomic E-state index is 0.224. The normalized spacial score (nSPS) is 23.4. The number of aliphatic imine (C=N–C) groups is 1. The largest absolute Gasteiger partial charge is 0.454 e. The Morgan fingerprint density at radius 1 is 1.15 bits per heavy atom. The van der Waals surface area contributed by atoms with Crippen molar-refractivity contribution in [2.24, 2.45) is 16.6 Å². The number of fused-ring (bicyclic) bond motifs is 1. The standard InChI is InChI=1S/C19H20N6O2/c20-17-22-6-5-14(24-17)13-9-23-18(21)25-19(13,8-11-1-2-11)12-3-4-15-16(7-12)27-10-26-15/h3-7,9,11H,1-2,8,10H2,(H2,20,22,24)(H3,21,23,25). The molecule has 1 aromatic carbocycles. The highest BCUT2D eigenvalue weighted by molar-refractivity contribution is 5.88. The number of guanidine groups is 1. The molecule has 0 spiro atoms. The van der Waals surface area contributed by atoms with Gasteiger partial charge >= 0.3 is 0 Å². The number of aromatic nitrogens is 2. The van der Waals surface area contributed by atoms with Gasteiger partial charge < -0.3 is 26.3 Å². The molecule has 3 aliphatic rings. The molecule has 3 heterocycles. The van der Waals surface area contributed by atoms with Crippen molar-refractivity contribution in [2.45, 2.75) is 24.8 Å². The molecule has 138 valence electrons. The van der Waals surface area contributed by atoms with Crippen molar-refractivity contribution in [1.82, 2.24) is 15.3 Å². The summed E-state index contributed by atoms with van der Waals surface area (Å²) in [6.45, 7) is 0.229. The highest BCUT2D eigenvalue weighted by Gasteiger charge is 2.44. The van der Waals surface area contributed by atoms with Crippen LogP contribution in [0.2, 0.25) is 0 Å². The quantitative estimate of drug-likeness (QED) is 0.755. The number of ether oxygens (including phenoxy) is 2. The van der Waals surface area contributed by atoms with Crippen molar-refractivity contribution in [2.75, 3.05) is 12.5 Å². The lowest BCUT2D eigenvalue weighted by molar-refractivity contribution is 0.174. The van der Waals surface area contributed by atoms with Gasteiger partial charge in [0.15, 0.2) is 17.5 Å². The molecule has 1 aliphatic carbocycles. The molecule has 2 aromatic rings. The summed E-state index contributed by atoms with van der Waals surface area (Å²) in [4.78, 5) is 13.3. The highest BCUT2D eigenvalue weighted by atomic mass is 16.7. The third-order valence-corrected chi connectivity index (χ3v) is 5.20. The molecular weight excluding hydrogens is 344 g/mol. The zero-order chi connectivity index (χ0) is 18.4. The first kappa shape index (κ1) is 15.9. The number of nitrogen functional groups attached to an aromatic ring is 1. The average Bonchev–Trinajstić information content (AvgIpc) is 3.34. The maximum atomic E-state index is 6.11. The van der Waals surface area contributed by atoms with Gasteiger partial charge in [-0.3, -0.25) is 0 Å². The van der Waals surface area contributed by atoms with Gasteiger partial charge in [-0.25, -0.2) is 15.0 Å². The van der Waals surface area contributed by atoms with E-state index in [9.17, 15) is 0 Å². The number of nitrogens with zero attached hydrogens (tertiary/aromatic N) is 3. The number of anilines is 1. The fourth-order valence-corrected chi connectivity index (χ4v) is 3.76. The summed E-state index contributed by atoms with van der Waals surface area (Å²) < 4.78 is 11.1. The van der Waals surface area contributed by atoms with Gasteiger partial charge in [-0.1, -0.05) is 18.9 Å². The van der Waals surface area contributed by atoms with Crippen molar-refractivity contribution < 1.29 is 9.47 Å². The topological polar surface area (TPSA) is 121 Å². The fraction of sp³-hybridized carbons (Fsp3) is 0.316. The van der Waals surface area contributed by atoms with Crippen LogP contribution in [-0.4, -0.2) is 22.7 Å². The lowest BCUT2D eigenvalue weighted by atomic mass is 9.77. The summed E-state index contributed by atoms with van der Waals surface area (Å²) in [6, 6.07) is 7.78. The third kappa shape index (κ3) is 2.73. The monoisotopic (exact) mass is 364 g/mol. The van der Waals surface area contributed by atoms with Crippen molar-refractivity contribution >= 4 is 17.5 Å². The van der Waals surface area contributed by atoms with Crippen LogP contribution in [0.25, 0.3) is 5.57 Å². The van der Waals surface area contributed by atoms with Gasteiger partial charge in [-0.05, 0) is 36.1 Å². The van der Waals surface area contributed by atoms with Gasteiger partial charge in [-0.2, -0.15) is 0 Å². The molecule has 2 aliphatic heterocycles. The molecule has 1 fully saturated rings. The molecule has 5 rings (SSSR count). The molecule has 1 unspecified atom stereocenters. The van der Waals surface area contributed by atoms with E-state index in [0.717, 1.165) is 34.8 Å². The second-order valence-electron chi connectivity index (χ2n) is 7.08. The first-order chi connectivity index (χ1) is 13.1. The summed E-state index contributed by atoms with van der Waals surface area (Å²) in [5.74, 6) is 2.65. The lowest BCUT2D eigenvalue weighted by Gasteiger charge is -2.36. The molecule has 1 aromatic heterocycles. The predicted octanol–water partition coefficient (Wildman–Crippen LogP) is 1.74. The summed E-state index contributed by atoms with van der Waals surface area (Å²) in [5.41, 5.74) is 13.9. The van der Waals surface area contributed by atoms with Crippen LogP contribution in [0.5, 0.6) is 11.5 Å². The van der Waals surface area contributed by atoms with Gasteiger partial charge in [-0.15, -0.1) is 0 Å². The molecule has 0 saturated heterocycles. The van der Waals surface area contributed by atoms with Crippen LogP contribution in [-0.2, 0) is 5.54 Å². The minimum Gasteiger partial charge on any atom is -0.454 e. The van der Waals surface area contributed by atoms with E-state index < -0.39 is 5.54 Å². The van der Waals surface area contributed by atoms with E-state index in [1.807, 2.05) is 30.5 Å². The molecule has 1 atom stereocenters. The molecule has 5 N–H and O–H groups in total. The van der Waals surface area contributed by atoms with E-state index in [1.165, 1.54) is 12.8 Å². The van der Waals surface area contributed by atoms with Crippen molar-refractivity contribution in [3.63, 3.8) is 0 Å². The van der Waals surface area contributed by atoms with Gasteiger partial charge in [0.2, 0.25) is 12.7 Å². The van der Waals surface area contributed by atoms with Crippen LogP contribution >= 0.6 is 0 Å². The summed E-state index contributed by atoms with van der Waals surface area (Å²) >= 11 is 0. The highest BCUT2D eigenvalue weighted by Crippen LogP contribution is 2.51. The van der Waals surface area contributed by atoms with E-state index in [2.05, 4.69) is 15.3 Å². The summed E-state index contributed by atoms with van der Waals surface area (Å²) in [6.07, 6.45) is 6.74. The van der Waals surface area contributed by atoms with Gasteiger partial charge in [0, 0.05) is 18.0 Å². The first-order valence-electron chi connectivity index (χ1n) is 8.95. The van der Waals surface area contributed by atoms with E-state index in [4.69, 9.17) is 25.9 Å². The lowest BCUT2D eigenvalue weighted by Crippen LogP contribution is -2.40. The third-order valence-electron chi connectivity index (χ3n) is 5.20. The Morgan fingerprint density at radius 2 is 2.00 bits per heavy atom. The minimum atomic E-state index is -0.668. The SMILES string of the molecule is NC1=NC(CC2CC2)(c2ccc3c(c2)OCO3)C(c2ccnc(N)n2)=CN1. The van der Waals surface area contributed by atoms with Gasteiger partial charge in [0.05, 0.1) is 5.69 Å². The van der Waals surface area contributed by atoms with Gasteiger partial charge in [0.1, 0.15) is 5.54 Å². The maximum absolute atomic E-state index is 6.11. The van der Waals surface area contributed by atoms with E-state index >= 15 is 0 Å². The van der Waals surface area contributed by atoms with Crippen LogP contribution in [0, 0.1) is 5.92 Å². The number of benzene rings is 1. The summed E-state index contributed by atoms with van der Waals surface area (Å²) in [7, 11) is 0. The molecular formula is C19H20N6O2. The Hall–Kier alpha value is -3.29.